The molecule has 1 saturated heterocycles. The molecule has 2 aromatic carbocycles. The fourth-order valence-corrected chi connectivity index (χ4v) is 5.51. The number of anilines is 1. The number of nitrogens with zero attached hydrogens (tertiary/aromatic N) is 3. The number of hydrogen-bond donors (Lipinski definition) is 1. The van der Waals surface area contributed by atoms with Crippen LogP contribution >= 0.6 is 12.2 Å². The van der Waals surface area contributed by atoms with E-state index in [-0.39, 0.29) is 17.9 Å². The van der Waals surface area contributed by atoms with Crippen LogP contribution in [-0.4, -0.2) is 14.7 Å². The first kappa shape index (κ1) is 23.2. The largest absolute Gasteiger partial charge is 0.351 e. The summed E-state index contributed by atoms with van der Waals surface area (Å²) in [6, 6.07) is 19.5. The van der Waals surface area contributed by atoms with Gasteiger partial charge in [-0.25, -0.2) is 4.39 Å². The Balaban J connectivity index is 1.71. The molecule has 0 bridgehead atoms. The average Bonchev–Trinajstić information content (AvgIpc) is 3.33. The quantitative estimate of drug-likeness (QED) is 0.326. The summed E-state index contributed by atoms with van der Waals surface area (Å²) in [4.78, 5) is 6.77. The van der Waals surface area contributed by atoms with Gasteiger partial charge in [-0.15, -0.1) is 0 Å². The van der Waals surface area contributed by atoms with Gasteiger partial charge in [0, 0.05) is 29.0 Å². The van der Waals surface area contributed by atoms with Crippen molar-refractivity contribution in [1.82, 2.24) is 14.9 Å². The number of halogens is 1. The molecule has 35 heavy (non-hydrogen) atoms. The zero-order valence-electron chi connectivity index (χ0n) is 20.6. The maximum absolute atomic E-state index is 14.1. The van der Waals surface area contributed by atoms with Crippen LogP contribution in [0.25, 0.3) is 5.69 Å². The highest BCUT2D eigenvalue weighted by molar-refractivity contribution is 7.80. The molecule has 2 aromatic heterocycles. The minimum absolute atomic E-state index is 0.146. The van der Waals surface area contributed by atoms with E-state index in [1.807, 2.05) is 24.3 Å². The number of benzene rings is 2. The van der Waals surface area contributed by atoms with Crippen LogP contribution in [0, 0.1) is 40.4 Å². The molecule has 4 nitrogen and oxygen atoms in total. The molecule has 0 spiro atoms. The molecule has 1 aliphatic heterocycles. The van der Waals surface area contributed by atoms with Crippen LogP contribution in [0.2, 0.25) is 0 Å². The van der Waals surface area contributed by atoms with Crippen molar-refractivity contribution in [2.24, 2.45) is 0 Å². The normalized spacial score (nSPS) is 17.7. The number of hydrogen-bond acceptors (Lipinski definition) is 2. The number of nitrogens with one attached hydrogen (secondary N) is 1. The molecule has 1 N–H and O–H groups in total. The molecule has 6 heteroatoms. The highest BCUT2D eigenvalue weighted by Crippen LogP contribution is 2.44. The Labute approximate surface area is 211 Å². The minimum Gasteiger partial charge on any atom is -0.351 e. The van der Waals surface area contributed by atoms with Gasteiger partial charge in [0.25, 0.3) is 0 Å². The van der Waals surface area contributed by atoms with E-state index in [4.69, 9.17) is 12.2 Å². The van der Waals surface area contributed by atoms with Crippen molar-refractivity contribution >= 4 is 23.0 Å². The Morgan fingerprint density at radius 1 is 0.914 bits per heavy atom. The summed E-state index contributed by atoms with van der Waals surface area (Å²) >= 11 is 5.85. The molecule has 0 aliphatic carbocycles. The smallest absolute Gasteiger partial charge is 0.174 e. The van der Waals surface area contributed by atoms with Crippen LogP contribution < -0.4 is 10.2 Å². The van der Waals surface area contributed by atoms with Gasteiger partial charge in [-0.3, -0.25) is 4.98 Å². The van der Waals surface area contributed by atoms with Gasteiger partial charge in [0.2, 0.25) is 0 Å². The lowest BCUT2D eigenvalue weighted by Gasteiger charge is -2.28. The molecular formula is C29H29FN4S. The maximum atomic E-state index is 14.1. The van der Waals surface area contributed by atoms with Crippen molar-refractivity contribution in [3.8, 4) is 5.69 Å². The molecule has 3 heterocycles. The van der Waals surface area contributed by atoms with Crippen molar-refractivity contribution in [3.05, 3.63) is 112 Å². The molecule has 0 radical (unpaired) electrons. The zero-order chi connectivity index (χ0) is 24.9. The molecule has 0 saturated carbocycles. The molecule has 1 fully saturated rings. The highest BCUT2D eigenvalue weighted by atomic mass is 32.1. The third kappa shape index (κ3) is 3.92. The van der Waals surface area contributed by atoms with Crippen LogP contribution in [0.15, 0.2) is 66.9 Å². The Hall–Kier alpha value is -3.51. The molecular weight excluding hydrogens is 455 g/mol. The predicted octanol–water partition coefficient (Wildman–Crippen LogP) is 6.73. The second-order valence-electron chi connectivity index (χ2n) is 9.31. The highest BCUT2D eigenvalue weighted by Gasteiger charge is 2.42. The number of thiocarbonyl (C=S) groups is 1. The summed E-state index contributed by atoms with van der Waals surface area (Å²) in [7, 11) is 0. The predicted molar refractivity (Wildman–Crippen MR) is 144 cm³/mol. The second-order valence-corrected chi connectivity index (χ2v) is 9.70. The maximum Gasteiger partial charge on any atom is 0.174 e. The summed E-state index contributed by atoms with van der Waals surface area (Å²) in [6.45, 7) is 10.4. The van der Waals surface area contributed by atoms with E-state index in [9.17, 15) is 4.39 Å². The second kappa shape index (κ2) is 8.93. The monoisotopic (exact) mass is 484 g/mol. The van der Waals surface area contributed by atoms with Crippen molar-refractivity contribution in [2.75, 3.05) is 4.90 Å². The molecule has 0 amide bonds. The third-order valence-electron chi connectivity index (χ3n) is 7.12. The Morgan fingerprint density at radius 3 is 2.43 bits per heavy atom. The van der Waals surface area contributed by atoms with Gasteiger partial charge >= 0.3 is 0 Å². The van der Waals surface area contributed by atoms with Crippen molar-refractivity contribution < 1.29 is 4.39 Å². The van der Waals surface area contributed by atoms with Gasteiger partial charge < -0.3 is 14.8 Å². The van der Waals surface area contributed by atoms with Crippen LogP contribution in [0.5, 0.6) is 0 Å². The van der Waals surface area contributed by atoms with E-state index in [0.717, 1.165) is 28.3 Å². The first-order chi connectivity index (χ1) is 16.8. The zero-order valence-corrected chi connectivity index (χ0v) is 21.4. The van der Waals surface area contributed by atoms with Crippen LogP contribution in [0.4, 0.5) is 10.1 Å². The fourth-order valence-electron chi connectivity index (χ4n) is 5.16. The van der Waals surface area contributed by atoms with Gasteiger partial charge in [0.05, 0.1) is 17.8 Å². The van der Waals surface area contributed by atoms with Gasteiger partial charge in [-0.1, -0.05) is 18.2 Å². The average molecular weight is 485 g/mol. The summed E-state index contributed by atoms with van der Waals surface area (Å²) in [5.74, 6) is -0.224. The number of aryl methyl sites for hydroxylation is 3. The standard InChI is InChI=1S/C29H29FN4S/c1-17-9-8-11-26(20(17)4)33-19(3)16-23(21(33)5)28-27(25-10-6-7-14-31-25)32-29(35)34(28)22-12-13-24(30)18(2)15-22/h6-16,27-28H,1-5H3,(H,32,35). The summed E-state index contributed by atoms with van der Waals surface area (Å²) in [5, 5.41) is 4.11. The lowest BCUT2D eigenvalue weighted by molar-refractivity contribution is 0.564. The lowest BCUT2D eigenvalue weighted by Crippen LogP contribution is -2.29. The Kier molecular flexibility index (Phi) is 5.93. The van der Waals surface area contributed by atoms with Gasteiger partial charge in [0.1, 0.15) is 5.82 Å². The van der Waals surface area contributed by atoms with E-state index in [0.29, 0.717) is 10.7 Å². The molecule has 2 atom stereocenters. The molecule has 1 aliphatic rings. The molecule has 4 aromatic rings. The molecule has 5 rings (SSSR count). The van der Waals surface area contributed by atoms with Gasteiger partial charge in [-0.2, -0.15) is 0 Å². The van der Waals surface area contributed by atoms with E-state index in [1.165, 1.54) is 22.9 Å². The first-order valence-electron chi connectivity index (χ1n) is 11.8. The van der Waals surface area contributed by atoms with Gasteiger partial charge in [0.15, 0.2) is 5.11 Å². The van der Waals surface area contributed by atoms with Crippen molar-refractivity contribution in [1.29, 1.82) is 0 Å². The number of aromatic nitrogens is 2. The topological polar surface area (TPSA) is 33.1 Å². The molecule has 2 unspecified atom stereocenters. The summed E-state index contributed by atoms with van der Waals surface area (Å²) in [5.41, 5.74) is 9.52. The van der Waals surface area contributed by atoms with Crippen LogP contribution in [0.1, 0.15) is 51.4 Å². The first-order valence-corrected chi connectivity index (χ1v) is 12.2. The third-order valence-corrected chi connectivity index (χ3v) is 7.44. The summed E-state index contributed by atoms with van der Waals surface area (Å²) in [6.07, 6.45) is 1.81. The van der Waals surface area contributed by atoms with E-state index in [1.54, 1.807) is 19.2 Å². The minimum atomic E-state index is -0.224. The van der Waals surface area contributed by atoms with Crippen LogP contribution in [-0.2, 0) is 0 Å². The van der Waals surface area contributed by atoms with Gasteiger partial charge in [-0.05, 0) is 112 Å². The fraction of sp³-hybridized carbons (Fsp3) is 0.241. The van der Waals surface area contributed by atoms with Crippen molar-refractivity contribution in [3.63, 3.8) is 0 Å². The summed E-state index contributed by atoms with van der Waals surface area (Å²) < 4.78 is 16.5. The van der Waals surface area contributed by atoms with E-state index >= 15 is 0 Å². The van der Waals surface area contributed by atoms with Crippen LogP contribution in [0.3, 0.4) is 0 Å². The van der Waals surface area contributed by atoms with Crippen molar-refractivity contribution in [2.45, 2.75) is 46.7 Å². The van der Waals surface area contributed by atoms with E-state index in [2.05, 4.69) is 71.7 Å². The Bertz CT molecular complexity index is 1430. The SMILES string of the molecule is Cc1cc(N2C(=S)NC(c3ccccn3)C2c2cc(C)n(-c3cccc(C)c3C)c2C)ccc1F. The lowest BCUT2D eigenvalue weighted by atomic mass is 9.96. The number of pyridine rings is 1. The Morgan fingerprint density at radius 2 is 1.71 bits per heavy atom. The number of rotatable bonds is 4. The molecule has 178 valence electrons. The van der Waals surface area contributed by atoms with E-state index < -0.39 is 0 Å².